The molecule has 4 rings (SSSR count). The molecule has 27 heavy (non-hydrogen) atoms. The monoisotopic (exact) mass is 404 g/mol. The van der Waals surface area contributed by atoms with Gasteiger partial charge in [0.1, 0.15) is 11.9 Å². The largest absolute Gasteiger partial charge is 0.486 e. The van der Waals surface area contributed by atoms with Crippen molar-refractivity contribution in [3.8, 4) is 5.75 Å². The van der Waals surface area contributed by atoms with Crippen LogP contribution in [0.15, 0.2) is 53.4 Å². The van der Waals surface area contributed by atoms with E-state index in [4.69, 9.17) is 14.5 Å². The fourth-order valence-electron chi connectivity index (χ4n) is 2.98. The first kappa shape index (κ1) is 18.2. The van der Waals surface area contributed by atoms with Gasteiger partial charge in [0, 0.05) is 12.8 Å². The molecule has 2 heterocycles. The Morgan fingerprint density at radius 2 is 1.96 bits per heavy atom. The van der Waals surface area contributed by atoms with Gasteiger partial charge in [-0.1, -0.05) is 23.5 Å². The van der Waals surface area contributed by atoms with E-state index in [1.807, 2.05) is 18.2 Å². The van der Waals surface area contributed by atoms with Crippen molar-refractivity contribution in [3.63, 3.8) is 0 Å². The SMILES string of the molecule is CS(=O)(=O)c1ccc(O[C@H]2COCCN(c3nc4ccccc4s3)C2)cc1. The van der Waals surface area contributed by atoms with E-state index < -0.39 is 9.84 Å². The van der Waals surface area contributed by atoms with Crippen LogP contribution in [0.2, 0.25) is 0 Å². The lowest BCUT2D eigenvalue weighted by Gasteiger charge is -2.23. The second-order valence-corrected chi connectivity index (χ2v) is 9.49. The van der Waals surface area contributed by atoms with E-state index in [1.165, 1.54) is 6.26 Å². The van der Waals surface area contributed by atoms with Gasteiger partial charge >= 0.3 is 0 Å². The van der Waals surface area contributed by atoms with E-state index >= 15 is 0 Å². The number of nitrogens with zero attached hydrogens (tertiary/aromatic N) is 2. The quantitative estimate of drug-likeness (QED) is 0.666. The number of fused-ring (bicyclic) bond motifs is 1. The zero-order valence-electron chi connectivity index (χ0n) is 14.9. The highest BCUT2D eigenvalue weighted by atomic mass is 32.2. The highest BCUT2D eigenvalue weighted by Crippen LogP contribution is 2.29. The van der Waals surface area contributed by atoms with Crippen molar-refractivity contribution in [1.29, 1.82) is 0 Å². The minimum absolute atomic E-state index is 0.163. The topological polar surface area (TPSA) is 68.7 Å². The van der Waals surface area contributed by atoms with Crippen LogP contribution >= 0.6 is 11.3 Å². The third-order valence-corrected chi connectivity index (χ3v) is 6.57. The Bertz CT molecular complexity index is 998. The van der Waals surface area contributed by atoms with E-state index in [2.05, 4.69) is 11.0 Å². The number of sulfone groups is 1. The molecule has 3 aromatic rings. The van der Waals surface area contributed by atoms with Crippen molar-refractivity contribution < 1.29 is 17.9 Å². The summed E-state index contributed by atoms with van der Waals surface area (Å²) in [6.07, 6.45) is 1.03. The number of ether oxygens (including phenoxy) is 2. The zero-order chi connectivity index (χ0) is 18.9. The molecule has 1 aliphatic rings. The number of para-hydroxylation sites is 1. The second kappa shape index (κ2) is 7.46. The Kier molecular flexibility index (Phi) is 5.03. The summed E-state index contributed by atoms with van der Waals surface area (Å²) in [5.41, 5.74) is 0.997. The van der Waals surface area contributed by atoms with Crippen LogP contribution in [0, 0.1) is 0 Å². The average Bonchev–Trinajstić information content (AvgIpc) is 2.94. The van der Waals surface area contributed by atoms with Crippen LogP contribution in [0.25, 0.3) is 10.2 Å². The first-order valence-electron chi connectivity index (χ1n) is 8.64. The van der Waals surface area contributed by atoms with E-state index in [-0.39, 0.29) is 11.0 Å². The van der Waals surface area contributed by atoms with Gasteiger partial charge in [0.25, 0.3) is 0 Å². The van der Waals surface area contributed by atoms with Gasteiger partial charge in [0.05, 0.1) is 34.9 Å². The molecule has 2 aromatic carbocycles. The molecular formula is C19H20N2O4S2. The molecule has 142 valence electrons. The summed E-state index contributed by atoms with van der Waals surface area (Å²) < 4.78 is 36.1. The van der Waals surface area contributed by atoms with Crippen LogP contribution in [-0.2, 0) is 14.6 Å². The third-order valence-electron chi connectivity index (χ3n) is 4.34. The Morgan fingerprint density at radius 3 is 2.70 bits per heavy atom. The van der Waals surface area contributed by atoms with Crippen molar-refractivity contribution in [1.82, 2.24) is 4.98 Å². The smallest absolute Gasteiger partial charge is 0.186 e. The van der Waals surface area contributed by atoms with Gasteiger partial charge in [-0.25, -0.2) is 13.4 Å². The summed E-state index contributed by atoms with van der Waals surface area (Å²) in [5.74, 6) is 0.627. The van der Waals surface area contributed by atoms with Crippen LogP contribution in [-0.4, -0.2) is 52.1 Å². The summed E-state index contributed by atoms with van der Waals surface area (Å²) in [5, 5.41) is 0.961. The number of benzene rings is 2. The van der Waals surface area contributed by atoms with Gasteiger partial charge in [-0.05, 0) is 36.4 Å². The Hall–Kier alpha value is -2.16. The lowest BCUT2D eigenvalue weighted by molar-refractivity contribution is 0.0730. The van der Waals surface area contributed by atoms with Gasteiger partial charge in [-0.3, -0.25) is 0 Å². The van der Waals surface area contributed by atoms with Gasteiger partial charge in [-0.2, -0.15) is 0 Å². The lowest BCUT2D eigenvalue weighted by atomic mass is 10.3. The van der Waals surface area contributed by atoms with Crippen LogP contribution in [0.1, 0.15) is 0 Å². The van der Waals surface area contributed by atoms with E-state index in [0.717, 1.165) is 21.9 Å². The van der Waals surface area contributed by atoms with Crippen molar-refractivity contribution >= 4 is 36.5 Å². The maximum atomic E-state index is 11.6. The Labute approximate surface area is 162 Å². The van der Waals surface area contributed by atoms with Gasteiger partial charge in [0.2, 0.25) is 0 Å². The lowest BCUT2D eigenvalue weighted by Crippen LogP contribution is -2.36. The van der Waals surface area contributed by atoms with E-state index in [9.17, 15) is 8.42 Å². The standard InChI is InChI=1S/C19H20N2O4S2/c1-27(22,23)16-8-6-14(7-9-16)25-15-12-21(10-11-24-13-15)19-20-17-4-2-3-5-18(17)26-19/h2-9,15H,10-13H2,1H3/t15-/m1/s1. The molecule has 0 N–H and O–H groups in total. The van der Waals surface area contributed by atoms with Crippen molar-refractivity contribution in [2.75, 3.05) is 37.5 Å². The summed E-state index contributed by atoms with van der Waals surface area (Å²) in [6.45, 7) is 2.51. The fraction of sp³-hybridized carbons (Fsp3) is 0.316. The van der Waals surface area contributed by atoms with Crippen molar-refractivity contribution in [2.24, 2.45) is 0 Å². The molecule has 0 spiro atoms. The highest BCUT2D eigenvalue weighted by Gasteiger charge is 2.23. The van der Waals surface area contributed by atoms with E-state index in [1.54, 1.807) is 35.6 Å². The first-order chi connectivity index (χ1) is 13.0. The minimum atomic E-state index is -3.21. The third kappa shape index (κ3) is 4.23. The number of anilines is 1. The first-order valence-corrected chi connectivity index (χ1v) is 11.3. The maximum absolute atomic E-state index is 11.6. The van der Waals surface area contributed by atoms with Crippen LogP contribution in [0.5, 0.6) is 5.75 Å². The molecule has 1 aliphatic heterocycles. The molecule has 6 nitrogen and oxygen atoms in total. The summed E-state index contributed by atoms with van der Waals surface area (Å²) >= 11 is 1.66. The minimum Gasteiger partial charge on any atom is -0.486 e. The molecule has 0 radical (unpaired) electrons. The van der Waals surface area contributed by atoms with Crippen molar-refractivity contribution in [3.05, 3.63) is 48.5 Å². The second-order valence-electron chi connectivity index (χ2n) is 6.47. The summed E-state index contributed by atoms with van der Waals surface area (Å²) in [4.78, 5) is 7.19. The molecule has 0 amide bonds. The Balaban J connectivity index is 1.49. The van der Waals surface area contributed by atoms with Gasteiger partial charge < -0.3 is 14.4 Å². The predicted octanol–water partition coefficient (Wildman–Crippen LogP) is 2.98. The maximum Gasteiger partial charge on any atom is 0.186 e. The van der Waals surface area contributed by atoms with Crippen LogP contribution < -0.4 is 9.64 Å². The molecule has 0 saturated carbocycles. The molecule has 0 aliphatic carbocycles. The molecule has 0 bridgehead atoms. The van der Waals surface area contributed by atoms with Crippen molar-refractivity contribution in [2.45, 2.75) is 11.0 Å². The molecule has 1 saturated heterocycles. The van der Waals surface area contributed by atoms with Crippen LogP contribution in [0.4, 0.5) is 5.13 Å². The van der Waals surface area contributed by atoms with E-state index in [0.29, 0.717) is 25.5 Å². The predicted molar refractivity (Wildman–Crippen MR) is 107 cm³/mol. The summed E-state index contributed by atoms with van der Waals surface area (Å²) in [6, 6.07) is 14.6. The molecular weight excluding hydrogens is 384 g/mol. The highest BCUT2D eigenvalue weighted by molar-refractivity contribution is 7.90. The van der Waals surface area contributed by atoms with Gasteiger partial charge in [0.15, 0.2) is 15.0 Å². The Morgan fingerprint density at radius 1 is 1.19 bits per heavy atom. The summed E-state index contributed by atoms with van der Waals surface area (Å²) in [7, 11) is -3.21. The number of aromatic nitrogens is 1. The number of hydrogen-bond donors (Lipinski definition) is 0. The van der Waals surface area contributed by atoms with Gasteiger partial charge in [-0.15, -0.1) is 0 Å². The molecule has 1 aromatic heterocycles. The molecule has 0 unspecified atom stereocenters. The fourth-order valence-corrected chi connectivity index (χ4v) is 4.61. The molecule has 1 fully saturated rings. The number of hydrogen-bond acceptors (Lipinski definition) is 7. The van der Waals surface area contributed by atoms with Crippen LogP contribution in [0.3, 0.4) is 0 Å². The number of thiazole rings is 1. The normalized spacial score (nSPS) is 18.4. The molecule has 1 atom stereocenters. The number of rotatable bonds is 4. The molecule has 8 heteroatoms. The zero-order valence-corrected chi connectivity index (χ0v) is 16.5. The average molecular weight is 405 g/mol.